The van der Waals surface area contributed by atoms with E-state index in [1.165, 1.54) is 38.5 Å². The largest absolute Gasteiger partial charge is 0.464 e. The predicted octanol–water partition coefficient (Wildman–Crippen LogP) is 2.99. The zero-order chi connectivity index (χ0) is 15.9. The fourth-order valence-electron chi connectivity index (χ4n) is 6.01. The molecule has 1 saturated heterocycles. The van der Waals surface area contributed by atoms with Gasteiger partial charge in [-0.15, -0.1) is 0 Å². The number of alkyl halides is 1. The van der Waals surface area contributed by atoms with Crippen molar-refractivity contribution in [3.05, 3.63) is 0 Å². The van der Waals surface area contributed by atoms with E-state index in [-0.39, 0.29) is 11.4 Å². The quantitative estimate of drug-likeness (QED) is 0.538. The van der Waals surface area contributed by atoms with Gasteiger partial charge in [0, 0.05) is 24.0 Å². The van der Waals surface area contributed by atoms with Crippen LogP contribution in [-0.2, 0) is 14.3 Å². The fraction of sp³-hybridized carbons (Fsp3) is 0.944. The van der Waals surface area contributed by atoms with Crippen molar-refractivity contribution < 1.29 is 14.3 Å². The maximum absolute atomic E-state index is 12.4. The average molecular weight is 386 g/mol. The number of esters is 1. The van der Waals surface area contributed by atoms with E-state index >= 15 is 0 Å². The van der Waals surface area contributed by atoms with Gasteiger partial charge in [0.2, 0.25) is 0 Å². The molecule has 130 valence electrons. The lowest BCUT2D eigenvalue weighted by Gasteiger charge is -2.60. The van der Waals surface area contributed by atoms with E-state index in [9.17, 15) is 4.79 Å². The molecule has 5 aliphatic rings. The fourth-order valence-corrected chi connectivity index (χ4v) is 7.52. The number of hydrogen-bond donors (Lipinski definition) is 0. The molecule has 4 saturated carbocycles. The van der Waals surface area contributed by atoms with Crippen LogP contribution < -0.4 is 0 Å². The summed E-state index contributed by atoms with van der Waals surface area (Å²) in [7, 11) is 0. The molecule has 1 heterocycles. The topological polar surface area (TPSA) is 38.8 Å². The summed E-state index contributed by atoms with van der Waals surface area (Å²) in [4.78, 5) is 14.7. The van der Waals surface area contributed by atoms with Crippen LogP contribution in [-0.4, -0.2) is 54.6 Å². The number of hydrogen-bond acceptors (Lipinski definition) is 4. The molecule has 0 spiro atoms. The van der Waals surface area contributed by atoms with Crippen molar-refractivity contribution in [2.75, 3.05) is 39.5 Å². The van der Waals surface area contributed by atoms with Gasteiger partial charge in [0.15, 0.2) is 0 Å². The maximum atomic E-state index is 12.4. The van der Waals surface area contributed by atoms with E-state index in [0.29, 0.717) is 17.4 Å². The molecule has 4 nitrogen and oxygen atoms in total. The first kappa shape index (κ1) is 16.3. The van der Waals surface area contributed by atoms with Crippen LogP contribution in [0.1, 0.15) is 44.9 Å². The summed E-state index contributed by atoms with van der Waals surface area (Å²) in [5.41, 5.74) is 0.226. The minimum absolute atomic E-state index is 0.0244. The van der Waals surface area contributed by atoms with Crippen LogP contribution in [0.3, 0.4) is 0 Å². The summed E-state index contributed by atoms with van der Waals surface area (Å²) < 4.78 is 11.2. The molecule has 0 N–H and O–H groups in total. The summed E-state index contributed by atoms with van der Waals surface area (Å²) in [5.74, 6) is 1.69. The van der Waals surface area contributed by atoms with Crippen LogP contribution in [0.4, 0.5) is 0 Å². The van der Waals surface area contributed by atoms with Crippen LogP contribution in [0.2, 0.25) is 0 Å². The van der Waals surface area contributed by atoms with Gasteiger partial charge in [-0.05, 0) is 55.8 Å². The van der Waals surface area contributed by atoms with Gasteiger partial charge >= 0.3 is 5.97 Å². The van der Waals surface area contributed by atoms with Crippen molar-refractivity contribution in [2.24, 2.45) is 17.3 Å². The van der Waals surface area contributed by atoms with Gasteiger partial charge in [-0.3, -0.25) is 9.69 Å². The summed E-state index contributed by atoms with van der Waals surface area (Å²) in [6.07, 6.45) is 8.32. The van der Waals surface area contributed by atoms with Crippen molar-refractivity contribution in [3.63, 3.8) is 0 Å². The molecule has 0 aromatic carbocycles. The monoisotopic (exact) mass is 385 g/mol. The second-order valence-corrected chi connectivity index (χ2v) is 10.1. The van der Waals surface area contributed by atoms with Crippen molar-refractivity contribution in [3.8, 4) is 0 Å². The third kappa shape index (κ3) is 3.62. The van der Waals surface area contributed by atoms with Gasteiger partial charge in [-0.2, -0.15) is 0 Å². The number of morpholine rings is 1. The van der Waals surface area contributed by atoms with Gasteiger partial charge in [0.1, 0.15) is 6.61 Å². The molecule has 23 heavy (non-hydrogen) atoms. The van der Waals surface area contributed by atoms with Crippen LogP contribution in [0.15, 0.2) is 0 Å². The van der Waals surface area contributed by atoms with Crippen molar-refractivity contribution in [2.45, 2.75) is 49.3 Å². The Morgan fingerprint density at radius 2 is 1.87 bits per heavy atom. The van der Waals surface area contributed by atoms with E-state index in [0.717, 1.165) is 44.7 Å². The minimum atomic E-state index is 0.0244. The van der Waals surface area contributed by atoms with E-state index in [1.807, 2.05) is 0 Å². The second-order valence-electron chi connectivity index (χ2n) is 8.46. The lowest BCUT2D eigenvalue weighted by atomic mass is 9.49. The Morgan fingerprint density at radius 1 is 1.17 bits per heavy atom. The van der Waals surface area contributed by atoms with E-state index in [2.05, 4.69) is 20.8 Å². The average Bonchev–Trinajstić information content (AvgIpc) is 2.45. The summed E-state index contributed by atoms with van der Waals surface area (Å²) >= 11 is 4.02. The van der Waals surface area contributed by atoms with Crippen LogP contribution >= 0.6 is 15.9 Å². The number of ether oxygens (including phenoxy) is 2. The summed E-state index contributed by atoms with van der Waals surface area (Å²) in [6, 6.07) is 0. The zero-order valence-electron chi connectivity index (χ0n) is 13.9. The first-order valence-electron chi connectivity index (χ1n) is 9.19. The highest BCUT2D eigenvalue weighted by molar-refractivity contribution is 9.10. The first-order chi connectivity index (χ1) is 11.0. The van der Waals surface area contributed by atoms with E-state index in [1.54, 1.807) is 0 Å². The van der Waals surface area contributed by atoms with Gasteiger partial charge in [-0.1, -0.05) is 15.9 Å². The van der Waals surface area contributed by atoms with E-state index < -0.39 is 0 Å². The van der Waals surface area contributed by atoms with E-state index in [4.69, 9.17) is 9.47 Å². The van der Waals surface area contributed by atoms with Crippen LogP contribution in [0.25, 0.3) is 0 Å². The molecule has 0 amide bonds. The SMILES string of the molecule is O=C(CC12C[C@@H]3C[C@@H](CC(Br)(C3)C1)C2)OCCN1CCOCC1. The molecule has 5 fully saturated rings. The third-order valence-electron chi connectivity index (χ3n) is 6.40. The standard InChI is InChI=1S/C18H28BrNO3/c19-18-10-14-7-15(11-18)9-17(8-14,13-18)12-16(21)23-6-3-20-1-4-22-5-2-20/h14-15H,1-13H2/t14-,15+,17?,18?. The molecular formula is C18H28BrNO3. The van der Waals surface area contributed by atoms with Crippen LogP contribution in [0.5, 0.6) is 0 Å². The normalized spacial score (nSPS) is 42.8. The smallest absolute Gasteiger partial charge is 0.306 e. The number of carbonyl (C=O) groups is 1. The number of halogens is 1. The number of rotatable bonds is 5. The lowest BCUT2D eigenvalue weighted by molar-refractivity contribution is -0.151. The minimum Gasteiger partial charge on any atom is -0.464 e. The Kier molecular flexibility index (Phi) is 4.48. The Bertz CT molecular complexity index is 449. The molecule has 0 aromatic rings. The molecule has 4 aliphatic carbocycles. The predicted molar refractivity (Wildman–Crippen MR) is 91.6 cm³/mol. The van der Waals surface area contributed by atoms with Crippen molar-refractivity contribution in [1.82, 2.24) is 4.90 Å². The summed E-state index contributed by atoms with van der Waals surface area (Å²) in [6.45, 7) is 4.88. The van der Waals surface area contributed by atoms with Gasteiger partial charge in [0.05, 0.1) is 19.6 Å². The second kappa shape index (κ2) is 6.30. The number of nitrogens with zero attached hydrogens (tertiary/aromatic N) is 1. The Morgan fingerprint density at radius 3 is 2.52 bits per heavy atom. The molecule has 0 aromatic heterocycles. The number of carbonyl (C=O) groups excluding carboxylic acids is 1. The Labute approximate surface area is 147 Å². The molecule has 1 aliphatic heterocycles. The molecule has 2 unspecified atom stereocenters. The molecule has 5 heteroatoms. The highest BCUT2D eigenvalue weighted by Gasteiger charge is 2.57. The molecule has 5 rings (SSSR count). The van der Waals surface area contributed by atoms with Gasteiger partial charge < -0.3 is 9.47 Å². The lowest BCUT2D eigenvalue weighted by Crippen LogP contribution is -2.53. The molecule has 4 bridgehead atoms. The molecule has 0 radical (unpaired) electrons. The highest BCUT2D eigenvalue weighted by Crippen LogP contribution is 2.65. The Balaban J connectivity index is 1.27. The maximum Gasteiger partial charge on any atom is 0.306 e. The van der Waals surface area contributed by atoms with Gasteiger partial charge in [0.25, 0.3) is 0 Å². The first-order valence-corrected chi connectivity index (χ1v) is 9.98. The third-order valence-corrected chi connectivity index (χ3v) is 7.33. The van der Waals surface area contributed by atoms with Crippen LogP contribution in [0, 0.1) is 17.3 Å². The Hall–Kier alpha value is -0.130. The van der Waals surface area contributed by atoms with Crippen molar-refractivity contribution in [1.29, 1.82) is 0 Å². The summed E-state index contributed by atoms with van der Waals surface area (Å²) in [5, 5.41) is 0. The van der Waals surface area contributed by atoms with Crippen molar-refractivity contribution >= 4 is 21.9 Å². The van der Waals surface area contributed by atoms with Gasteiger partial charge in [-0.25, -0.2) is 0 Å². The molecular weight excluding hydrogens is 358 g/mol. The highest BCUT2D eigenvalue weighted by atomic mass is 79.9. The zero-order valence-corrected chi connectivity index (χ0v) is 15.5. The molecule has 4 atom stereocenters.